The zero-order valence-electron chi connectivity index (χ0n) is 11.6. The van der Waals surface area contributed by atoms with Crippen LogP contribution in [-0.4, -0.2) is 38.8 Å². The molecule has 0 saturated carbocycles. The summed E-state index contributed by atoms with van der Waals surface area (Å²) in [6, 6.07) is 5.94. The van der Waals surface area contributed by atoms with Gasteiger partial charge >= 0.3 is 0 Å². The van der Waals surface area contributed by atoms with Crippen LogP contribution in [0.15, 0.2) is 30.5 Å². The summed E-state index contributed by atoms with van der Waals surface area (Å²) in [7, 11) is -0.753. The molecule has 1 aliphatic heterocycles. The van der Waals surface area contributed by atoms with E-state index in [1.807, 2.05) is 4.90 Å². The Kier molecular flexibility index (Phi) is 4.54. The van der Waals surface area contributed by atoms with Crippen molar-refractivity contribution in [3.63, 3.8) is 0 Å². The summed E-state index contributed by atoms with van der Waals surface area (Å²) < 4.78 is 24.3. The van der Waals surface area contributed by atoms with Gasteiger partial charge in [-0.1, -0.05) is 11.6 Å². The zero-order chi connectivity index (χ0) is 15.5. The average molecular weight is 341 g/mol. The number of hydrogen-bond acceptors (Lipinski definition) is 5. The fourth-order valence-corrected chi connectivity index (χ4v) is 3.30. The highest BCUT2D eigenvalue weighted by molar-refractivity contribution is 7.85. The van der Waals surface area contributed by atoms with Crippen LogP contribution in [0.25, 0.3) is 0 Å². The largest absolute Gasteiger partial charge is 0.339 e. The summed E-state index contributed by atoms with van der Waals surface area (Å²) in [6.45, 7) is 1.31. The third kappa shape index (κ3) is 3.53. The topological polar surface area (TPSA) is 58.1 Å². The lowest BCUT2D eigenvalue weighted by atomic mass is 10.3. The lowest BCUT2D eigenvalue weighted by Gasteiger charge is -2.26. The van der Waals surface area contributed by atoms with Crippen LogP contribution in [0.2, 0.25) is 5.02 Å². The zero-order valence-corrected chi connectivity index (χ0v) is 13.2. The average Bonchev–Trinajstić information content (AvgIpc) is 2.52. The molecule has 0 unspecified atom stereocenters. The molecule has 0 spiro atoms. The Morgan fingerprint density at radius 2 is 1.91 bits per heavy atom. The molecule has 1 N–H and O–H groups in total. The van der Waals surface area contributed by atoms with E-state index in [1.54, 1.807) is 12.1 Å². The van der Waals surface area contributed by atoms with Crippen molar-refractivity contribution in [2.45, 2.75) is 0 Å². The molecule has 1 aromatic carbocycles. The van der Waals surface area contributed by atoms with Gasteiger partial charge in [0, 0.05) is 41.1 Å². The quantitative estimate of drug-likeness (QED) is 0.930. The van der Waals surface area contributed by atoms with E-state index in [1.165, 1.54) is 18.3 Å². The Labute approximate surface area is 135 Å². The summed E-state index contributed by atoms with van der Waals surface area (Å²) in [5.74, 6) is 1.94. The first kappa shape index (κ1) is 15.2. The van der Waals surface area contributed by atoms with E-state index in [2.05, 4.69) is 15.3 Å². The van der Waals surface area contributed by atoms with Gasteiger partial charge in [-0.25, -0.2) is 9.37 Å². The van der Waals surface area contributed by atoms with Crippen molar-refractivity contribution in [2.24, 2.45) is 0 Å². The van der Waals surface area contributed by atoms with Crippen LogP contribution in [0, 0.1) is 5.82 Å². The Morgan fingerprint density at radius 1 is 1.23 bits per heavy atom. The van der Waals surface area contributed by atoms with Gasteiger partial charge in [-0.3, -0.25) is 4.21 Å². The SMILES string of the molecule is O=S1CCN(c2ncc(Cl)c(Nc3ccc(F)cc3)n2)CC1. The normalized spacial score (nSPS) is 15.8. The van der Waals surface area contributed by atoms with E-state index in [9.17, 15) is 8.60 Å². The van der Waals surface area contributed by atoms with Gasteiger partial charge in [-0.05, 0) is 24.3 Å². The predicted molar refractivity (Wildman–Crippen MR) is 86.8 cm³/mol. The fraction of sp³-hybridized carbons (Fsp3) is 0.286. The minimum Gasteiger partial charge on any atom is -0.339 e. The highest BCUT2D eigenvalue weighted by Gasteiger charge is 2.18. The minimum atomic E-state index is -0.753. The second-order valence-corrected chi connectivity index (χ2v) is 6.94. The molecule has 2 aromatic rings. The van der Waals surface area contributed by atoms with E-state index in [-0.39, 0.29) is 5.82 Å². The molecule has 0 radical (unpaired) electrons. The van der Waals surface area contributed by atoms with E-state index in [0.29, 0.717) is 47.1 Å². The van der Waals surface area contributed by atoms with Crippen LogP contribution < -0.4 is 10.2 Å². The second-order valence-electron chi connectivity index (χ2n) is 4.83. The first-order valence-corrected chi connectivity index (χ1v) is 8.63. The van der Waals surface area contributed by atoms with Crippen molar-refractivity contribution in [3.05, 3.63) is 41.3 Å². The number of aromatic nitrogens is 2. The Balaban J connectivity index is 1.80. The molecule has 0 aliphatic carbocycles. The Bertz CT molecular complexity index is 688. The van der Waals surface area contributed by atoms with Crippen molar-refractivity contribution in [2.75, 3.05) is 34.8 Å². The number of hydrogen-bond donors (Lipinski definition) is 1. The first-order chi connectivity index (χ1) is 10.6. The lowest BCUT2D eigenvalue weighted by molar-refractivity contribution is 0.628. The van der Waals surface area contributed by atoms with Gasteiger partial charge in [0.05, 0.1) is 6.20 Å². The van der Waals surface area contributed by atoms with Crippen molar-refractivity contribution in [1.82, 2.24) is 9.97 Å². The van der Waals surface area contributed by atoms with Gasteiger partial charge in [0.15, 0.2) is 5.82 Å². The van der Waals surface area contributed by atoms with Crippen molar-refractivity contribution in [1.29, 1.82) is 0 Å². The van der Waals surface area contributed by atoms with Gasteiger partial charge in [0.1, 0.15) is 10.8 Å². The van der Waals surface area contributed by atoms with E-state index < -0.39 is 10.8 Å². The summed E-state index contributed by atoms with van der Waals surface area (Å²) in [5.41, 5.74) is 0.688. The van der Waals surface area contributed by atoms with E-state index in [0.717, 1.165) is 0 Å². The van der Waals surface area contributed by atoms with E-state index in [4.69, 9.17) is 11.6 Å². The highest BCUT2D eigenvalue weighted by atomic mass is 35.5. The molecule has 0 bridgehead atoms. The number of nitrogens with one attached hydrogen (secondary N) is 1. The molecule has 116 valence electrons. The molecule has 5 nitrogen and oxygen atoms in total. The van der Waals surface area contributed by atoms with Gasteiger partial charge < -0.3 is 10.2 Å². The molecule has 8 heteroatoms. The van der Waals surface area contributed by atoms with Crippen LogP contribution in [0.5, 0.6) is 0 Å². The van der Waals surface area contributed by atoms with Crippen molar-refractivity contribution >= 4 is 39.9 Å². The van der Waals surface area contributed by atoms with Crippen LogP contribution in [0.4, 0.5) is 21.8 Å². The molecule has 22 heavy (non-hydrogen) atoms. The summed E-state index contributed by atoms with van der Waals surface area (Å²) in [5, 5.41) is 3.43. The molecule has 3 rings (SSSR count). The van der Waals surface area contributed by atoms with Gasteiger partial charge in [0.2, 0.25) is 5.95 Å². The summed E-state index contributed by atoms with van der Waals surface area (Å²) in [4.78, 5) is 10.6. The Hall–Kier alpha value is -1.73. The lowest BCUT2D eigenvalue weighted by Crippen LogP contribution is -2.38. The third-order valence-electron chi connectivity index (χ3n) is 3.30. The number of anilines is 3. The van der Waals surface area contributed by atoms with Crippen LogP contribution in [0.1, 0.15) is 0 Å². The monoisotopic (exact) mass is 340 g/mol. The summed E-state index contributed by atoms with van der Waals surface area (Å²) in [6.07, 6.45) is 1.53. The van der Waals surface area contributed by atoms with Crippen molar-refractivity contribution < 1.29 is 8.60 Å². The van der Waals surface area contributed by atoms with Gasteiger partial charge in [0.25, 0.3) is 0 Å². The van der Waals surface area contributed by atoms with Crippen LogP contribution >= 0.6 is 11.6 Å². The molecular weight excluding hydrogens is 327 g/mol. The number of halogens is 2. The highest BCUT2D eigenvalue weighted by Crippen LogP contribution is 2.25. The predicted octanol–water partition coefficient (Wildman–Crippen LogP) is 2.58. The maximum absolute atomic E-state index is 12.9. The minimum absolute atomic E-state index is 0.304. The summed E-state index contributed by atoms with van der Waals surface area (Å²) >= 11 is 6.11. The maximum atomic E-state index is 12.9. The van der Waals surface area contributed by atoms with E-state index >= 15 is 0 Å². The second kappa shape index (κ2) is 6.58. The standard InChI is InChI=1S/C14H14ClFN4OS/c15-12-9-17-14(20-5-7-22(21)8-6-20)19-13(12)18-11-3-1-10(16)2-4-11/h1-4,9H,5-8H2,(H,17,18,19). The smallest absolute Gasteiger partial charge is 0.227 e. The molecular formula is C14H14ClFN4OS. The maximum Gasteiger partial charge on any atom is 0.227 e. The number of nitrogens with zero attached hydrogens (tertiary/aromatic N) is 3. The molecule has 1 aromatic heterocycles. The number of benzene rings is 1. The fourth-order valence-electron chi connectivity index (χ4n) is 2.11. The van der Waals surface area contributed by atoms with Crippen LogP contribution in [0.3, 0.4) is 0 Å². The molecule has 1 fully saturated rings. The van der Waals surface area contributed by atoms with Crippen molar-refractivity contribution in [3.8, 4) is 0 Å². The molecule has 1 aliphatic rings. The first-order valence-electron chi connectivity index (χ1n) is 6.77. The van der Waals surface area contributed by atoms with Gasteiger partial charge in [-0.2, -0.15) is 4.98 Å². The molecule has 0 atom stereocenters. The molecule has 1 saturated heterocycles. The molecule has 2 heterocycles. The Morgan fingerprint density at radius 3 is 2.59 bits per heavy atom. The van der Waals surface area contributed by atoms with Gasteiger partial charge in [-0.15, -0.1) is 0 Å². The van der Waals surface area contributed by atoms with Crippen LogP contribution in [-0.2, 0) is 10.8 Å². The number of rotatable bonds is 3. The third-order valence-corrected chi connectivity index (χ3v) is 4.85. The molecule has 0 amide bonds.